The molecule has 0 saturated heterocycles. The van der Waals surface area contributed by atoms with E-state index in [4.69, 9.17) is 21.1 Å². The fraction of sp³-hybridized carbons (Fsp3) is 0.400. The molecule has 2 aliphatic rings. The van der Waals surface area contributed by atoms with E-state index in [1.54, 1.807) is 22.9 Å². The van der Waals surface area contributed by atoms with Gasteiger partial charge in [0.05, 0.1) is 12.4 Å². The largest absolute Gasteiger partial charge is 0.467 e. The lowest BCUT2D eigenvalue weighted by molar-refractivity contribution is -0.0169. The number of sulfone groups is 1. The summed E-state index contributed by atoms with van der Waals surface area (Å²) in [5, 5.41) is 0.578. The van der Waals surface area contributed by atoms with Crippen LogP contribution in [0, 0.1) is 0 Å². The van der Waals surface area contributed by atoms with E-state index in [9.17, 15) is 8.42 Å². The molecule has 2 heterocycles. The lowest BCUT2D eigenvalue weighted by atomic mass is 10.1. The standard InChI is InChI=1S/C15H15ClN2O4S/c16-12-5-10-7-21-9-22-14(10)11(6-12)8-23(19,20)15-17-3-4-18(15)13-1-2-13/h3-6,13H,1-2,7-9H2. The van der Waals surface area contributed by atoms with Crippen molar-refractivity contribution in [3.63, 3.8) is 0 Å². The number of rotatable bonds is 4. The molecule has 0 bridgehead atoms. The van der Waals surface area contributed by atoms with Crippen LogP contribution in [-0.2, 0) is 26.9 Å². The highest BCUT2D eigenvalue weighted by Gasteiger charge is 2.31. The van der Waals surface area contributed by atoms with Crippen molar-refractivity contribution < 1.29 is 17.9 Å². The third-order valence-corrected chi connectivity index (χ3v) is 5.73. The van der Waals surface area contributed by atoms with Crippen molar-refractivity contribution >= 4 is 21.4 Å². The smallest absolute Gasteiger partial charge is 0.228 e. The van der Waals surface area contributed by atoms with Gasteiger partial charge in [-0.2, -0.15) is 0 Å². The zero-order chi connectivity index (χ0) is 16.0. The summed E-state index contributed by atoms with van der Waals surface area (Å²) in [7, 11) is -3.58. The minimum absolute atomic E-state index is 0.110. The van der Waals surface area contributed by atoms with Gasteiger partial charge >= 0.3 is 0 Å². The molecule has 1 fully saturated rings. The third kappa shape index (κ3) is 2.84. The number of aromatic nitrogens is 2. The Hall–Kier alpha value is -1.57. The number of ether oxygens (including phenoxy) is 2. The van der Waals surface area contributed by atoms with Gasteiger partial charge in [0.15, 0.2) is 6.79 Å². The zero-order valence-corrected chi connectivity index (χ0v) is 13.8. The summed E-state index contributed by atoms with van der Waals surface area (Å²) in [6.07, 6.45) is 5.24. The normalized spacial score (nSPS) is 17.6. The predicted octanol–water partition coefficient (Wildman–Crippen LogP) is 2.71. The van der Waals surface area contributed by atoms with Crippen LogP contribution in [0.1, 0.15) is 30.0 Å². The Balaban J connectivity index is 1.72. The molecule has 4 rings (SSSR count). The van der Waals surface area contributed by atoms with Crippen LogP contribution in [0.5, 0.6) is 5.75 Å². The second-order valence-corrected chi connectivity index (χ2v) is 8.09. The SMILES string of the molecule is O=S(=O)(Cc1cc(Cl)cc2c1OCOC2)c1nccn1C1CC1. The Morgan fingerprint density at radius 3 is 2.96 bits per heavy atom. The first kappa shape index (κ1) is 15.0. The second kappa shape index (κ2) is 5.51. The molecular formula is C15H15ClN2O4S. The van der Waals surface area contributed by atoms with E-state index < -0.39 is 9.84 Å². The number of benzene rings is 1. The van der Waals surface area contributed by atoms with Gasteiger partial charge in [-0.25, -0.2) is 13.4 Å². The molecule has 1 aromatic heterocycles. The molecule has 8 heteroatoms. The van der Waals surface area contributed by atoms with Gasteiger partial charge in [-0.1, -0.05) is 11.6 Å². The molecule has 0 spiro atoms. The molecule has 0 N–H and O–H groups in total. The zero-order valence-electron chi connectivity index (χ0n) is 12.2. The van der Waals surface area contributed by atoms with Crippen molar-refractivity contribution in [3.05, 3.63) is 40.7 Å². The molecule has 122 valence electrons. The molecule has 0 amide bonds. The molecule has 6 nitrogen and oxygen atoms in total. The van der Waals surface area contributed by atoms with Crippen molar-refractivity contribution in [2.24, 2.45) is 0 Å². The van der Waals surface area contributed by atoms with E-state index >= 15 is 0 Å². The highest BCUT2D eigenvalue weighted by atomic mass is 35.5. The summed E-state index contributed by atoms with van der Waals surface area (Å²) >= 11 is 6.10. The van der Waals surface area contributed by atoms with Crippen molar-refractivity contribution in [1.29, 1.82) is 0 Å². The molecule has 1 aliphatic heterocycles. The van der Waals surface area contributed by atoms with Gasteiger partial charge in [0.2, 0.25) is 15.0 Å². The minimum atomic E-state index is -3.58. The average Bonchev–Trinajstić information content (AvgIpc) is 3.23. The molecule has 2 aromatic rings. The highest BCUT2D eigenvalue weighted by molar-refractivity contribution is 7.90. The van der Waals surface area contributed by atoms with Crippen molar-refractivity contribution in [2.75, 3.05) is 6.79 Å². The Morgan fingerprint density at radius 1 is 1.35 bits per heavy atom. The van der Waals surface area contributed by atoms with Gasteiger partial charge in [-0.05, 0) is 25.0 Å². The van der Waals surface area contributed by atoms with E-state index in [1.807, 2.05) is 0 Å². The number of imidazole rings is 1. The van der Waals surface area contributed by atoms with E-state index in [-0.39, 0.29) is 23.7 Å². The maximum absolute atomic E-state index is 12.8. The monoisotopic (exact) mass is 354 g/mol. The van der Waals surface area contributed by atoms with E-state index in [0.29, 0.717) is 22.9 Å². The van der Waals surface area contributed by atoms with E-state index in [0.717, 1.165) is 18.4 Å². The molecule has 1 saturated carbocycles. The van der Waals surface area contributed by atoms with Crippen LogP contribution in [0.4, 0.5) is 0 Å². The summed E-state index contributed by atoms with van der Waals surface area (Å²) in [4.78, 5) is 4.06. The fourth-order valence-electron chi connectivity index (χ4n) is 2.80. The number of halogens is 1. The van der Waals surface area contributed by atoms with Crippen LogP contribution >= 0.6 is 11.6 Å². The topological polar surface area (TPSA) is 70.4 Å². The molecular weight excluding hydrogens is 340 g/mol. The Bertz CT molecular complexity index is 858. The molecule has 23 heavy (non-hydrogen) atoms. The van der Waals surface area contributed by atoms with Crippen molar-refractivity contribution in [3.8, 4) is 5.75 Å². The summed E-state index contributed by atoms with van der Waals surface area (Å²) in [6.45, 7) is 0.470. The molecule has 1 aliphatic carbocycles. The minimum Gasteiger partial charge on any atom is -0.467 e. The van der Waals surface area contributed by atoms with E-state index in [2.05, 4.69) is 4.98 Å². The summed E-state index contributed by atoms with van der Waals surface area (Å²) in [5.41, 5.74) is 1.31. The van der Waals surface area contributed by atoms with Crippen LogP contribution < -0.4 is 4.74 Å². The molecule has 0 radical (unpaired) electrons. The first-order valence-electron chi connectivity index (χ1n) is 7.32. The lowest BCUT2D eigenvalue weighted by Crippen LogP contribution is -2.16. The quantitative estimate of drug-likeness (QED) is 0.844. The first-order valence-corrected chi connectivity index (χ1v) is 9.35. The van der Waals surface area contributed by atoms with Crippen molar-refractivity contribution in [2.45, 2.75) is 36.4 Å². The van der Waals surface area contributed by atoms with Gasteiger partial charge < -0.3 is 14.0 Å². The summed E-state index contributed by atoms with van der Waals surface area (Å²) < 4.78 is 38.1. The number of hydrogen-bond donors (Lipinski definition) is 0. The number of fused-ring (bicyclic) bond motifs is 1. The van der Waals surface area contributed by atoms with Crippen LogP contribution in [0.15, 0.2) is 29.7 Å². The number of nitrogens with zero attached hydrogens (tertiary/aromatic N) is 2. The summed E-state index contributed by atoms with van der Waals surface area (Å²) in [6, 6.07) is 3.62. The van der Waals surface area contributed by atoms with Crippen LogP contribution in [0.2, 0.25) is 5.02 Å². The predicted molar refractivity (Wildman–Crippen MR) is 83.1 cm³/mol. The Labute approximate surface area is 138 Å². The maximum Gasteiger partial charge on any atom is 0.228 e. The van der Waals surface area contributed by atoms with Gasteiger partial charge in [0.25, 0.3) is 0 Å². The van der Waals surface area contributed by atoms with Crippen LogP contribution in [-0.4, -0.2) is 24.8 Å². The second-order valence-electron chi connectivity index (χ2n) is 5.77. The highest BCUT2D eigenvalue weighted by Crippen LogP contribution is 2.38. The number of hydrogen-bond acceptors (Lipinski definition) is 5. The average molecular weight is 355 g/mol. The van der Waals surface area contributed by atoms with Gasteiger partial charge in [0.1, 0.15) is 5.75 Å². The van der Waals surface area contributed by atoms with Gasteiger partial charge in [-0.3, -0.25) is 0 Å². The molecule has 0 unspecified atom stereocenters. The van der Waals surface area contributed by atoms with E-state index in [1.165, 1.54) is 6.20 Å². The molecule has 1 aromatic carbocycles. The fourth-order valence-corrected chi connectivity index (χ4v) is 4.57. The lowest BCUT2D eigenvalue weighted by Gasteiger charge is -2.21. The van der Waals surface area contributed by atoms with Gasteiger partial charge in [-0.15, -0.1) is 0 Å². The Kier molecular flexibility index (Phi) is 3.59. The van der Waals surface area contributed by atoms with Gasteiger partial charge in [0, 0.05) is 34.6 Å². The third-order valence-electron chi connectivity index (χ3n) is 3.95. The Morgan fingerprint density at radius 2 is 2.17 bits per heavy atom. The first-order chi connectivity index (χ1) is 11.0. The maximum atomic E-state index is 12.8. The van der Waals surface area contributed by atoms with Crippen LogP contribution in [0.25, 0.3) is 0 Å². The van der Waals surface area contributed by atoms with Crippen molar-refractivity contribution in [1.82, 2.24) is 9.55 Å². The summed E-state index contributed by atoms with van der Waals surface area (Å²) in [5.74, 6) is 0.355. The molecule has 0 atom stereocenters. The van der Waals surface area contributed by atoms with Crippen LogP contribution in [0.3, 0.4) is 0 Å².